The molecule has 0 aliphatic heterocycles. The number of unbranched alkanes of at least 4 members (excludes halogenated alkanes) is 9. The van der Waals surface area contributed by atoms with E-state index in [1.165, 1.54) is 38.5 Å². The fourth-order valence-electron chi connectivity index (χ4n) is 2.57. The first-order valence-corrected chi connectivity index (χ1v) is 9.20. The van der Waals surface area contributed by atoms with Crippen molar-refractivity contribution < 1.29 is 9.59 Å². The molecule has 0 bridgehead atoms. The summed E-state index contributed by atoms with van der Waals surface area (Å²) in [4.78, 5) is 23.2. The normalized spacial score (nSPS) is 12.1. The van der Waals surface area contributed by atoms with Crippen LogP contribution in [0.5, 0.6) is 0 Å². The van der Waals surface area contributed by atoms with Gasteiger partial charge in [0.2, 0.25) is 11.8 Å². The molecule has 0 saturated carbocycles. The molecule has 0 spiro atoms. The molecule has 0 aliphatic carbocycles. The minimum absolute atomic E-state index is 0.0446. The predicted octanol–water partition coefficient (Wildman–Crippen LogP) is 4.07. The van der Waals surface area contributed by atoms with E-state index in [9.17, 15) is 9.59 Å². The molecule has 4 heteroatoms. The van der Waals surface area contributed by atoms with Crippen LogP contribution >= 0.6 is 0 Å². The third-order valence-electron chi connectivity index (χ3n) is 4.03. The van der Waals surface area contributed by atoms with Crippen LogP contribution in [0, 0.1) is 0 Å². The van der Waals surface area contributed by atoms with E-state index < -0.39 is 11.9 Å². The van der Waals surface area contributed by atoms with Gasteiger partial charge in [0, 0.05) is 6.42 Å². The van der Waals surface area contributed by atoms with Crippen molar-refractivity contribution in [1.82, 2.24) is 5.32 Å². The summed E-state index contributed by atoms with van der Waals surface area (Å²) in [7, 11) is 0. The van der Waals surface area contributed by atoms with Gasteiger partial charge < -0.3 is 11.1 Å². The Morgan fingerprint density at radius 2 is 1.32 bits per heavy atom. The van der Waals surface area contributed by atoms with Crippen molar-refractivity contribution in [3.63, 3.8) is 0 Å². The first-order valence-electron chi connectivity index (χ1n) is 9.20. The lowest BCUT2D eigenvalue weighted by Crippen LogP contribution is -2.44. The van der Waals surface area contributed by atoms with Crippen LogP contribution in [0.3, 0.4) is 0 Å². The number of hydrogen-bond acceptors (Lipinski definition) is 2. The standard InChI is InChI=1S/C18H36N2O2/c1-3-5-7-8-9-10-11-13-14-16(18(19)22)20-17(21)15-12-6-4-2/h16H,3-15H2,1-2H3,(H2,19,22)(H,20,21). The van der Waals surface area contributed by atoms with E-state index in [0.29, 0.717) is 12.8 Å². The van der Waals surface area contributed by atoms with Crippen LogP contribution in [0.15, 0.2) is 0 Å². The Balaban J connectivity index is 3.72. The Kier molecular flexibility index (Phi) is 14.1. The van der Waals surface area contributed by atoms with E-state index in [0.717, 1.165) is 32.1 Å². The zero-order valence-corrected chi connectivity index (χ0v) is 14.7. The van der Waals surface area contributed by atoms with E-state index >= 15 is 0 Å². The highest BCUT2D eigenvalue weighted by Crippen LogP contribution is 2.11. The lowest BCUT2D eigenvalue weighted by molar-refractivity contribution is -0.127. The minimum Gasteiger partial charge on any atom is -0.368 e. The fourth-order valence-corrected chi connectivity index (χ4v) is 2.57. The second kappa shape index (κ2) is 14.9. The highest BCUT2D eigenvalue weighted by molar-refractivity contribution is 5.86. The number of nitrogens with two attached hydrogens (primary N) is 1. The Morgan fingerprint density at radius 3 is 1.86 bits per heavy atom. The first-order chi connectivity index (χ1) is 10.6. The highest BCUT2D eigenvalue weighted by Gasteiger charge is 2.17. The van der Waals surface area contributed by atoms with Crippen molar-refractivity contribution in [2.24, 2.45) is 5.73 Å². The van der Waals surface area contributed by atoms with Gasteiger partial charge in [-0.1, -0.05) is 78.1 Å². The third-order valence-corrected chi connectivity index (χ3v) is 4.03. The van der Waals surface area contributed by atoms with Crippen molar-refractivity contribution in [2.45, 2.75) is 103 Å². The maximum absolute atomic E-state index is 11.7. The monoisotopic (exact) mass is 312 g/mol. The minimum atomic E-state index is -0.491. The summed E-state index contributed by atoms with van der Waals surface area (Å²) in [6.07, 6.45) is 14.0. The molecule has 0 fully saturated rings. The van der Waals surface area contributed by atoms with Crippen LogP contribution in [0.2, 0.25) is 0 Å². The van der Waals surface area contributed by atoms with Gasteiger partial charge in [0.05, 0.1) is 0 Å². The molecule has 0 heterocycles. The number of nitrogens with one attached hydrogen (secondary N) is 1. The SMILES string of the molecule is CCCCCCCCCCC(NC(=O)CCCCC)C(N)=O. The average Bonchev–Trinajstić information content (AvgIpc) is 2.48. The molecule has 1 unspecified atom stereocenters. The maximum atomic E-state index is 11.7. The van der Waals surface area contributed by atoms with Gasteiger partial charge >= 0.3 is 0 Å². The number of rotatable bonds is 15. The summed E-state index contributed by atoms with van der Waals surface area (Å²) >= 11 is 0. The van der Waals surface area contributed by atoms with E-state index in [4.69, 9.17) is 5.73 Å². The predicted molar refractivity (Wildman–Crippen MR) is 92.5 cm³/mol. The van der Waals surface area contributed by atoms with Gasteiger partial charge in [-0.15, -0.1) is 0 Å². The van der Waals surface area contributed by atoms with E-state index in [1.807, 2.05) is 0 Å². The third kappa shape index (κ3) is 12.7. The molecule has 130 valence electrons. The number of carbonyl (C=O) groups is 2. The lowest BCUT2D eigenvalue weighted by atomic mass is 10.0. The van der Waals surface area contributed by atoms with Crippen LogP contribution in [-0.2, 0) is 9.59 Å². The second-order valence-electron chi connectivity index (χ2n) is 6.24. The molecule has 0 aromatic heterocycles. The van der Waals surface area contributed by atoms with E-state index in [-0.39, 0.29) is 5.91 Å². The van der Waals surface area contributed by atoms with Crippen molar-refractivity contribution >= 4 is 11.8 Å². The van der Waals surface area contributed by atoms with Gasteiger partial charge in [-0.3, -0.25) is 9.59 Å². The molecule has 0 aromatic carbocycles. The summed E-state index contributed by atoms with van der Waals surface area (Å²) in [6, 6.07) is -0.491. The summed E-state index contributed by atoms with van der Waals surface area (Å²) in [6.45, 7) is 4.33. The van der Waals surface area contributed by atoms with E-state index in [1.54, 1.807) is 0 Å². The van der Waals surface area contributed by atoms with Crippen molar-refractivity contribution in [3.8, 4) is 0 Å². The summed E-state index contributed by atoms with van der Waals surface area (Å²) in [5.41, 5.74) is 5.38. The Morgan fingerprint density at radius 1 is 0.818 bits per heavy atom. The molecule has 1 atom stereocenters. The molecule has 0 aromatic rings. The van der Waals surface area contributed by atoms with Crippen molar-refractivity contribution in [2.75, 3.05) is 0 Å². The molecular weight excluding hydrogens is 276 g/mol. The van der Waals surface area contributed by atoms with Crippen LogP contribution in [-0.4, -0.2) is 17.9 Å². The lowest BCUT2D eigenvalue weighted by Gasteiger charge is -2.15. The van der Waals surface area contributed by atoms with Gasteiger partial charge in [-0.25, -0.2) is 0 Å². The molecule has 0 radical (unpaired) electrons. The number of amides is 2. The Bertz CT molecular complexity index is 293. The van der Waals surface area contributed by atoms with Gasteiger partial charge in [0.15, 0.2) is 0 Å². The molecule has 0 rings (SSSR count). The average molecular weight is 312 g/mol. The quantitative estimate of drug-likeness (QED) is 0.447. The molecule has 2 amide bonds. The number of carbonyl (C=O) groups excluding carboxylic acids is 2. The zero-order valence-electron chi connectivity index (χ0n) is 14.7. The molecule has 4 nitrogen and oxygen atoms in total. The van der Waals surface area contributed by atoms with Crippen LogP contribution < -0.4 is 11.1 Å². The van der Waals surface area contributed by atoms with Crippen LogP contribution in [0.1, 0.15) is 97.3 Å². The van der Waals surface area contributed by atoms with Gasteiger partial charge in [0.1, 0.15) is 6.04 Å². The van der Waals surface area contributed by atoms with Crippen LogP contribution in [0.4, 0.5) is 0 Å². The topological polar surface area (TPSA) is 72.2 Å². The molecular formula is C18H36N2O2. The van der Waals surface area contributed by atoms with Crippen LogP contribution in [0.25, 0.3) is 0 Å². The molecule has 22 heavy (non-hydrogen) atoms. The smallest absolute Gasteiger partial charge is 0.239 e. The summed E-state index contributed by atoms with van der Waals surface area (Å²) < 4.78 is 0. The summed E-state index contributed by atoms with van der Waals surface area (Å²) in [5, 5.41) is 2.78. The van der Waals surface area contributed by atoms with E-state index in [2.05, 4.69) is 19.2 Å². The van der Waals surface area contributed by atoms with Gasteiger partial charge in [0.25, 0.3) is 0 Å². The number of primary amides is 1. The zero-order chi connectivity index (χ0) is 16.6. The first kappa shape index (κ1) is 20.9. The largest absolute Gasteiger partial charge is 0.368 e. The fraction of sp³-hybridized carbons (Fsp3) is 0.889. The maximum Gasteiger partial charge on any atom is 0.239 e. The molecule has 3 N–H and O–H groups in total. The Hall–Kier alpha value is -1.06. The summed E-state index contributed by atoms with van der Waals surface area (Å²) in [5.74, 6) is -0.455. The number of hydrogen-bond donors (Lipinski definition) is 2. The second-order valence-corrected chi connectivity index (χ2v) is 6.24. The van der Waals surface area contributed by atoms with Gasteiger partial charge in [-0.05, 0) is 12.8 Å². The van der Waals surface area contributed by atoms with Crippen molar-refractivity contribution in [3.05, 3.63) is 0 Å². The molecule has 0 saturated heterocycles. The Labute approximate surface area is 136 Å². The highest BCUT2D eigenvalue weighted by atomic mass is 16.2. The van der Waals surface area contributed by atoms with Crippen molar-refractivity contribution in [1.29, 1.82) is 0 Å². The molecule has 0 aliphatic rings. The van der Waals surface area contributed by atoms with Gasteiger partial charge in [-0.2, -0.15) is 0 Å².